The van der Waals surface area contributed by atoms with Crippen molar-refractivity contribution in [2.75, 3.05) is 19.8 Å². The zero-order valence-corrected chi connectivity index (χ0v) is 13.0. The van der Waals surface area contributed by atoms with Gasteiger partial charge in [0.05, 0.1) is 19.3 Å². The Bertz CT molecular complexity index is 608. The summed E-state index contributed by atoms with van der Waals surface area (Å²) < 4.78 is 31.5. The van der Waals surface area contributed by atoms with Crippen LogP contribution in [0.25, 0.3) is 0 Å². The predicted molar refractivity (Wildman–Crippen MR) is 74.5 cm³/mol. The average Bonchev–Trinajstić information content (AvgIpc) is 2.72. The van der Waals surface area contributed by atoms with Crippen LogP contribution in [0.2, 0.25) is 0 Å². The monoisotopic (exact) mass is 320 g/mol. The molecule has 1 unspecified atom stereocenters. The molecule has 0 radical (unpaired) electrons. The molecule has 21 heavy (non-hydrogen) atoms. The number of aromatic nitrogens is 1. The lowest BCUT2D eigenvalue weighted by Gasteiger charge is -2.10. The van der Waals surface area contributed by atoms with Gasteiger partial charge in [-0.25, -0.2) is 17.9 Å². The molecule has 1 aromatic heterocycles. The minimum Gasteiger partial charge on any atom is -0.461 e. The number of aliphatic hydroxyl groups excluding tert-OH is 2. The number of aryl methyl sites for hydroxylation is 1. The Morgan fingerprint density at radius 1 is 1.43 bits per heavy atom. The third kappa shape index (κ3) is 4.03. The first-order chi connectivity index (χ1) is 9.74. The van der Waals surface area contributed by atoms with E-state index in [1.165, 1.54) is 13.8 Å². The topological polar surface area (TPSA) is 129 Å². The summed E-state index contributed by atoms with van der Waals surface area (Å²) in [7, 11) is -3.91. The van der Waals surface area contributed by atoms with Crippen molar-refractivity contribution in [3.63, 3.8) is 0 Å². The Hall–Kier alpha value is -1.42. The van der Waals surface area contributed by atoms with E-state index in [4.69, 9.17) is 9.84 Å². The maximum absolute atomic E-state index is 12.2. The Labute approximate surface area is 123 Å². The Morgan fingerprint density at radius 2 is 2.05 bits per heavy atom. The fourth-order valence-corrected chi connectivity index (χ4v) is 3.40. The summed E-state index contributed by atoms with van der Waals surface area (Å²) >= 11 is 0. The zero-order chi connectivity index (χ0) is 16.2. The van der Waals surface area contributed by atoms with Crippen LogP contribution in [0.3, 0.4) is 0 Å². The summed E-state index contributed by atoms with van der Waals surface area (Å²) in [6, 6.07) is 0. The first-order valence-electron chi connectivity index (χ1n) is 6.39. The fourth-order valence-electron chi connectivity index (χ4n) is 1.89. The number of sulfonamides is 1. The highest BCUT2D eigenvalue weighted by atomic mass is 32.2. The highest BCUT2D eigenvalue weighted by molar-refractivity contribution is 7.89. The molecule has 8 nitrogen and oxygen atoms in total. The number of aromatic amines is 1. The molecule has 0 amide bonds. The van der Waals surface area contributed by atoms with E-state index in [-0.39, 0.29) is 29.3 Å². The van der Waals surface area contributed by atoms with Gasteiger partial charge in [0.25, 0.3) is 0 Å². The number of hydrogen-bond acceptors (Lipinski definition) is 6. The van der Waals surface area contributed by atoms with E-state index in [1.54, 1.807) is 6.92 Å². The van der Waals surface area contributed by atoms with Gasteiger partial charge in [0.2, 0.25) is 10.0 Å². The molecule has 0 saturated heterocycles. The number of nitrogens with one attached hydrogen (secondary N) is 2. The smallest absolute Gasteiger partial charge is 0.355 e. The van der Waals surface area contributed by atoms with Crippen LogP contribution in [0.5, 0.6) is 0 Å². The molecular weight excluding hydrogens is 300 g/mol. The second-order valence-electron chi connectivity index (χ2n) is 4.49. The number of carbonyl (C=O) groups excluding carboxylic acids is 1. The van der Waals surface area contributed by atoms with Crippen molar-refractivity contribution in [1.29, 1.82) is 0 Å². The van der Waals surface area contributed by atoms with E-state index in [1.807, 2.05) is 0 Å². The molecule has 1 heterocycles. The summed E-state index contributed by atoms with van der Waals surface area (Å²) in [6.07, 6.45) is -1.19. The maximum Gasteiger partial charge on any atom is 0.355 e. The van der Waals surface area contributed by atoms with Crippen LogP contribution >= 0.6 is 0 Å². The van der Waals surface area contributed by atoms with Crippen LogP contribution < -0.4 is 4.72 Å². The molecule has 1 atom stereocenters. The fraction of sp³-hybridized carbons (Fsp3) is 0.583. The van der Waals surface area contributed by atoms with Gasteiger partial charge in [0, 0.05) is 17.8 Å². The molecule has 0 saturated carbocycles. The molecule has 4 N–H and O–H groups in total. The Balaban J connectivity index is 3.10. The Kier molecular flexibility index (Phi) is 5.90. The highest BCUT2D eigenvalue weighted by Gasteiger charge is 2.27. The summed E-state index contributed by atoms with van der Waals surface area (Å²) in [5, 5.41) is 17.9. The molecule has 0 aromatic carbocycles. The zero-order valence-electron chi connectivity index (χ0n) is 12.1. The second kappa shape index (κ2) is 7.03. The van der Waals surface area contributed by atoms with E-state index in [0.29, 0.717) is 5.69 Å². The van der Waals surface area contributed by atoms with Crippen LogP contribution in [0, 0.1) is 13.8 Å². The quantitative estimate of drug-likeness (QED) is 0.498. The number of esters is 1. The van der Waals surface area contributed by atoms with Crippen molar-refractivity contribution in [2.45, 2.75) is 31.8 Å². The number of rotatable bonds is 7. The molecule has 0 bridgehead atoms. The van der Waals surface area contributed by atoms with Crippen LogP contribution in [0.1, 0.15) is 28.7 Å². The van der Waals surface area contributed by atoms with Gasteiger partial charge in [0.1, 0.15) is 10.6 Å². The predicted octanol–water partition coefficient (Wildman–Crippen LogP) is -0.560. The lowest BCUT2D eigenvalue weighted by Crippen LogP contribution is -2.34. The van der Waals surface area contributed by atoms with E-state index < -0.39 is 28.7 Å². The van der Waals surface area contributed by atoms with Crippen LogP contribution in [-0.2, 0) is 14.8 Å². The largest absolute Gasteiger partial charge is 0.461 e. The van der Waals surface area contributed by atoms with Gasteiger partial charge < -0.3 is 19.9 Å². The van der Waals surface area contributed by atoms with E-state index in [2.05, 4.69) is 9.71 Å². The number of H-pyrrole nitrogens is 1. The molecule has 1 aromatic rings. The molecule has 0 fully saturated rings. The highest BCUT2D eigenvalue weighted by Crippen LogP contribution is 2.23. The first kappa shape index (κ1) is 17.6. The van der Waals surface area contributed by atoms with Gasteiger partial charge in [-0.3, -0.25) is 0 Å². The number of carbonyl (C=O) groups is 1. The standard InChI is InChI=1S/C12H20N2O6S/c1-4-20-12(17)10-7(2)11(8(3)14-10)21(18,19)13-5-9(16)6-15/h9,13-16H,4-6H2,1-3H3. The van der Waals surface area contributed by atoms with Crippen molar-refractivity contribution in [3.05, 3.63) is 17.0 Å². The maximum atomic E-state index is 12.2. The van der Waals surface area contributed by atoms with Crippen molar-refractivity contribution >= 4 is 16.0 Å². The van der Waals surface area contributed by atoms with Gasteiger partial charge in [-0.05, 0) is 20.8 Å². The lowest BCUT2D eigenvalue weighted by molar-refractivity contribution is 0.0519. The van der Waals surface area contributed by atoms with E-state index in [0.717, 1.165) is 0 Å². The van der Waals surface area contributed by atoms with Crippen molar-refractivity contribution < 1.29 is 28.2 Å². The third-order valence-electron chi connectivity index (χ3n) is 2.84. The molecule has 120 valence electrons. The third-order valence-corrected chi connectivity index (χ3v) is 4.53. The van der Waals surface area contributed by atoms with Gasteiger partial charge in [-0.1, -0.05) is 0 Å². The number of aliphatic hydroxyl groups is 2. The molecule has 0 spiro atoms. The lowest BCUT2D eigenvalue weighted by atomic mass is 10.2. The van der Waals surface area contributed by atoms with Gasteiger partial charge in [-0.2, -0.15) is 0 Å². The summed E-state index contributed by atoms with van der Waals surface area (Å²) in [5.74, 6) is -0.630. The Morgan fingerprint density at radius 3 is 2.57 bits per heavy atom. The molecule has 9 heteroatoms. The number of hydrogen-bond donors (Lipinski definition) is 4. The molecule has 0 aliphatic rings. The average molecular weight is 320 g/mol. The molecular formula is C12H20N2O6S. The normalized spacial score (nSPS) is 13.2. The van der Waals surface area contributed by atoms with Crippen molar-refractivity contribution in [1.82, 2.24) is 9.71 Å². The minimum absolute atomic E-state index is 0.0595. The van der Waals surface area contributed by atoms with Crippen molar-refractivity contribution in [2.24, 2.45) is 0 Å². The van der Waals surface area contributed by atoms with Crippen LogP contribution in [0.4, 0.5) is 0 Å². The van der Waals surface area contributed by atoms with E-state index >= 15 is 0 Å². The first-order valence-corrected chi connectivity index (χ1v) is 7.87. The van der Waals surface area contributed by atoms with Crippen molar-refractivity contribution in [3.8, 4) is 0 Å². The molecule has 0 aliphatic carbocycles. The SMILES string of the molecule is CCOC(=O)c1[nH]c(C)c(S(=O)(=O)NCC(O)CO)c1C. The minimum atomic E-state index is -3.91. The van der Waals surface area contributed by atoms with Gasteiger partial charge in [-0.15, -0.1) is 0 Å². The van der Waals surface area contributed by atoms with Crippen LogP contribution in [-0.4, -0.2) is 55.4 Å². The van der Waals surface area contributed by atoms with E-state index in [9.17, 15) is 18.3 Å². The molecule has 1 rings (SSSR count). The summed E-state index contributed by atoms with van der Waals surface area (Å²) in [6.45, 7) is 3.97. The second-order valence-corrected chi connectivity index (χ2v) is 6.19. The van der Waals surface area contributed by atoms with Gasteiger partial charge in [0.15, 0.2) is 0 Å². The van der Waals surface area contributed by atoms with Gasteiger partial charge >= 0.3 is 5.97 Å². The van der Waals surface area contributed by atoms with Crippen LogP contribution in [0.15, 0.2) is 4.90 Å². The number of ether oxygens (including phenoxy) is 1. The summed E-state index contributed by atoms with van der Waals surface area (Å²) in [4.78, 5) is 14.4. The molecule has 0 aliphatic heterocycles. The summed E-state index contributed by atoms with van der Waals surface area (Å²) in [5.41, 5.74) is 0.621.